The molecule has 5 heteroatoms. The molecule has 5 nitrogen and oxygen atoms in total. The second-order valence-electron chi connectivity index (χ2n) is 4.76. The van der Waals surface area contributed by atoms with Gasteiger partial charge in [-0.15, -0.1) is 0 Å². The van der Waals surface area contributed by atoms with Gasteiger partial charge in [0, 0.05) is 13.0 Å². The van der Waals surface area contributed by atoms with Crippen LogP contribution < -0.4 is 9.47 Å². The summed E-state index contributed by atoms with van der Waals surface area (Å²) >= 11 is 0. The summed E-state index contributed by atoms with van der Waals surface area (Å²) in [5.41, 5.74) is 0. The zero-order chi connectivity index (χ0) is 13.7. The number of nitrogens with zero attached hydrogens (tertiary/aromatic N) is 1. The average Bonchev–Trinajstić information content (AvgIpc) is 2.38. The Morgan fingerprint density at radius 3 is 2.89 bits per heavy atom. The highest BCUT2D eigenvalue weighted by molar-refractivity contribution is 5.66. The van der Waals surface area contributed by atoms with Crippen molar-refractivity contribution < 1.29 is 19.4 Å². The van der Waals surface area contributed by atoms with Crippen LogP contribution in [-0.4, -0.2) is 48.8 Å². The second-order valence-corrected chi connectivity index (χ2v) is 4.76. The van der Waals surface area contributed by atoms with Crippen LogP contribution in [0.4, 0.5) is 0 Å². The Kier molecular flexibility index (Phi) is 4.63. The number of hydrogen-bond acceptors (Lipinski definition) is 4. The summed E-state index contributed by atoms with van der Waals surface area (Å²) in [7, 11) is 1.96. The van der Waals surface area contributed by atoms with Crippen molar-refractivity contribution in [2.24, 2.45) is 0 Å². The minimum atomic E-state index is -0.750. The molecule has 0 fully saturated rings. The van der Waals surface area contributed by atoms with Gasteiger partial charge in [0.25, 0.3) is 0 Å². The van der Waals surface area contributed by atoms with Gasteiger partial charge < -0.3 is 19.5 Å². The lowest BCUT2D eigenvalue weighted by Crippen LogP contribution is -2.39. The molecule has 0 saturated carbocycles. The van der Waals surface area contributed by atoms with E-state index in [9.17, 15) is 4.79 Å². The van der Waals surface area contributed by atoms with E-state index in [2.05, 4.69) is 4.90 Å². The Bertz CT molecular complexity index is 435. The Labute approximate surface area is 112 Å². The van der Waals surface area contributed by atoms with Crippen molar-refractivity contribution in [2.45, 2.75) is 18.9 Å². The van der Waals surface area contributed by atoms with Gasteiger partial charge in [-0.05, 0) is 32.1 Å². The summed E-state index contributed by atoms with van der Waals surface area (Å²) in [6.07, 6.45) is 0.843. The van der Waals surface area contributed by atoms with Gasteiger partial charge in [0.05, 0.1) is 0 Å². The van der Waals surface area contributed by atoms with E-state index < -0.39 is 5.97 Å². The number of aliphatic carboxylic acids is 1. The number of para-hydroxylation sites is 2. The van der Waals surface area contributed by atoms with Crippen molar-refractivity contribution in [3.05, 3.63) is 24.3 Å². The third kappa shape index (κ3) is 4.13. The molecule has 1 aliphatic heterocycles. The first kappa shape index (κ1) is 13.7. The molecule has 0 spiro atoms. The van der Waals surface area contributed by atoms with Crippen molar-refractivity contribution in [1.29, 1.82) is 0 Å². The minimum absolute atomic E-state index is 0.00951. The third-order valence-corrected chi connectivity index (χ3v) is 3.01. The highest BCUT2D eigenvalue weighted by Gasteiger charge is 2.21. The number of fused-ring (bicyclic) bond motifs is 1. The van der Waals surface area contributed by atoms with E-state index in [0.29, 0.717) is 13.0 Å². The quantitative estimate of drug-likeness (QED) is 0.847. The maximum Gasteiger partial charge on any atom is 0.303 e. The van der Waals surface area contributed by atoms with Crippen molar-refractivity contribution in [2.75, 3.05) is 26.7 Å². The number of carboxylic acids is 1. The molecule has 19 heavy (non-hydrogen) atoms. The second kappa shape index (κ2) is 6.43. The van der Waals surface area contributed by atoms with Gasteiger partial charge in [-0.2, -0.15) is 0 Å². The number of rotatable bonds is 6. The molecule has 1 atom stereocenters. The van der Waals surface area contributed by atoms with E-state index in [0.717, 1.165) is 24.6 Å². The Morgan fingerprint density at radius 1 is 1.42 bits per heavy atom. The summed E-state index contributed by atoms with van der Waals surface area (Å²) in [6.45, 7) is 2.00. The SMILES string of the molecule is CN(CCCC(=O)O)C[C@H]1COc2ccccc2O1. The van der Waals surface area contributed by atoms with Crippen LogP contribution in [0.2, 0.25) is 0 Å². The summed E-state index contributed by atoms with van der Waals surface area (Å²) in [4.78, 5) is 12.5. The van der Waals surface area contributed by atoms with Crippen molar-refractivity contribution in [3.63, 3.8) is 0 Å². The third-order valence-electron chi connectivity index (χ3n) is 3.01. The van der Waals surface area contributed by atoms with Crippen LogP contribution in [0.3, 0.4) is 0 Å². The lowest BCUT2D eigenvalue weighted by Gasteiger charge is -2.29. The lowest BCUT2D eigenvalue weighted by molar-refractivity contribution is -0.137. The van der Waals surface area contributed by atoms with E-state index >= 15 is 0 Å². The fourth-order valence-electron chi connectivity index (χ4n) is 2.09. The fourth-order valence-corrected chi connectivity index (χ4v) is 2.09. The molecular formula is C14H19NO4. The number of benzene rings is 1. The molecule has 0 radical (unpaired) electrons. The first-order valence-electron chi connectivity index (χ1n) is 6.44. The fraction of sp³-hybridized carbons (Fsp3) is 0.500. The van der Waals surface area contributed by atoms with Gasteiger partial charge >= 0.3 is 5.97 Å². The predicted molar refractivity (Wildman–Crippen MR) is 70.7 cm³/mol. The van der Waals surface area contributed by atoms with Crippen LogP contribution in [0.15, 0.2) is 24.3 Å². The molecule has 0 aromatic heterocycles. The van der Waals surface area contributed by atoms with Gasteiger partial charge in [0.2, 0.25) is 0 Å². The van der Waals surface area contributed by atoms with Crippen LogP contribution in [-0.2, 0) is 4.79 Å². The van der Waals surface area contributed by atoms with Crippen LogP contribution in [0, 0.1) is 0 Å². The Balaban J connectivity index is 1.77. The highest BCUT2D eigenvalue weighted by atomic mass is 16.6. The smallest absolute Gasteiger partial charge is 0.303 e. The predicted octanol–water partition coefficient (Wildman–Crippen LogP) is 1.62. The van der Waals surface area contributed by atoms with E-state index in [1.807, 2.05) is 31.3 Å². The number of carbonyl (C=O) groups is 1. The maximum absolute atomic E-state index is 10.4. The van der Waals surface area contributed by atoms with Crippen molar-refractivity contribution >= 4 is 5.97 Å². The van der Waals surface area contributed by atoms with E-state index in [4.69, 9.17) is 14.6 Å². The first-order valence-corrected chi connectivity index (χ1v) is 6.44. The summed E-state index contributed by atoms with van der Waals surface area (Å²) < 4.78 is 11.5. The maximum atomic E-state index is 10.4. The van der Waals surface area contributed by atoms with Crippen LogP contribution >= 0.6 is 0 Å². The molecular weight excluding hydrogens is 246 g/mol. The summed E-state index contributed by atoms with van der Waals surface area (Å²) in [6, 6.07) is 7.62. The van der Waals surface area contributed by atoms with Crippen LogP contribution in [0.25, 0.3) is 0 Å². The van der Waals surface area contributed by atoms with E-state index in [1.165, 1.54) is 0 Å². The van der Waals surface area contributed by atoms with Crippen LogP contribution in [0.1, 0.15) is 12.8 Å². The van der Waals surface area contributed by atoms with Gasteiger partial charge in [-0.25, -0.2) is 0 Å². The first-order chi connectivity index (χ1) is 9.15. The number of hydrogen-bond donors (Lipinski definition) is 1. The van der Waals surface area contributed by atoms with Gasteiger partial charge in [0.1, 0.15) is 12.7 Å². The summed E-state index contributed by atoms with van der Waals surface area (Å²) in [5, 5.41) is 8.59. The lowest BCUT2D eigenvalue weighted by atomic mass is 10.2. The normalized spacial score (nSPS) is 17.5. The summed E-state index contributed by atoms with van der Waals surface area (Å²) in [5.74, 6) is 0.810. The zero-order valence-corrected chi connectivity index (χ0v) is 11.0. The molecule has 0 amide bonds. The molecule has 104 valence electrons. The van der Waals surface area contributed by atoms with Crippen LogP contribution in [0.5, 0.6) is 11.5 Å². The minimum Gasteiger partial charge on any atom is -0.486 e. The average molecular weight is 265 g/mol. The molecule has 1 aromatic carbocycles. The molecule has 0 aliphatic carbocycles. The molecule has 0 bridgehead atoms. The van der Waals surface area contributed by atoms with Gasteiger partial charge in [0.15, 0.2) is 11.5 Å². The van der Waals surface area contributed by atoms with Crippen molar-refractivity contribution in [3.8, 4) is 11.5 Å². The number of carboxylic acid groups (broad SMARTS) is 1. The zero-order valence-electron chi connectivity index (χ0n) is 11.0. The van der Waals surface area contributed by atoms with E-state index in [-0.39, 0.29) is 12.5 Å². The molecule has 0 unspecified atom stereocenters. The molecule has 0 saturated heterocycles. The van der Waals surface area contributed by atoms with Gasteiger partial charge in [-0.3, -0.25) is 4.79 Å². The van der Waals surface area contributed by atoms with Crippen molar-refractivity contribution in [1.82, 2.24) is 4.90 Å². The largest absolute Gasteiger partial charge is 0.486 e. The molecule has 1 aliphatic rings. The highest BCUT2D eigenvalue weighted by Crippen LogP contribution is 2.30. The number of likely N-dealkylation sites (N-methyl/N-ethyl adjacent to an activating group) is 1. The number of ether oxygens (including phenoxy) is 2. The van der Waals surface area contributed by atoms with Gasteiger partial charge in [-0.1, -0.05) is 12.1 Å². The standard InChI is InChI=1S/C14H19NO4/c1-15(8-4-7-14(16)17)9-11-10-18-12-5-2-3-6-13(12)19-11/h2-3,5-6,11H,4,7-10H2,1H3,(H,16,17)/t11-/m0/s1. The van der Waals surface area contributed by atoms with E-state index in [1.54, 1.807) is 0 Å². The topological polar surface area (TPSA) is 59.0 Å². The molecule has 1 N–H and O–H groups in total. The molecule has 2 rings (SSSR count). The Hall–Kier alpha value is -1.75. The monoisotopic (exact) mass is 265 g/mol. The molecule has 1 aromatic rings. The Morgan fingerprint density at radius 2 is 2.16 bits per heavy atom. The molecule has 1 heterocycles.